The molecule has 0 saturated heterocycles. The van der Waals surface area contributed by atoms with Crippen molar-refractivity contribution in [3.05, 3.63) is 69.7 Å². The maximum Gasteiger partial charge on any atom is 0.346 e. The zero-order valence-electron chi connectivity index (χ0n) is 12.9. The summed E-state index contributed by atoms with van der Waals surface area (Å²) < 4.78 is 6.56. The van der Waals surface area contributed by atoms with Crippen molar-refractivity contribution in [2.24, 2.45) is 0 Å². The monoisotopic (exact) mass is 385 g/mol. The number of benzene rings is 2. The van der Waals surface area contributed by atoms with Crippen LogP contribution in [-0.2, 0) is 11.2 Å². The fraction of sp³-hybridized carbons (Fsp3) is 0.158. The molecule has 0 heterocycles. The van der Waals surface area contributed by atoms with Crippen molar-refractivity contribution in [3.8, 4) is 11.8 Å². The van der Waals surface area contributed by atoms with Gasteiger partial charge in [0.15, 0.2) is 0 Å². The number of carboxylic acid groups (broad SMARTS) is 1. The first kappa shape index (κ1) is 17.8. The number of nitrogens with zero attached hydrogens (tertiary/aromatic N) is 1. The molecule has 0 atom stereocenters. The van der Waals surface area contributed by atoms with E-state index in [1.807, 2.05) is 24.3 Å². The Bertz CT molecular complexity index is 779. The lowest BCUT2D eigenvalue weighted by atomic mass is 10.1. The summed E-state index contributed by atoms with van der Waals surface area (Å²) in [6.45, 7) is 0.506. The molecule has 4 nitrogen and oxygen atoms in total. The van der Waals surface area contributed by atoms with Crippen LogP contribution in [-0.4, -0.2) is 17.7 Å². The quantitative estimate of drug-likeness (QED) is 0.434. The van der Waals surface area contributed by atoms with Gasteiger partial charge in [-0.3, -0.25) is 0 Å². The summed E-state index contributed by atoms with van der Waals surface area (Å²) in [5.74, 6) is -0.701. The number of carbonyl (C=O) groups is 1. The third-order valence-electron chi connectivity index (χ3n) is 3.33. The van der Waals surface area contributed by atoms with Crippen LogP contribution in [0.2, 0.25) is 0 Å². The summed E-state index contributed by atoms with van der Waals surface area (Å²) in [4.78, 5) is 11.0. The van der Waals surface area contributed by atoms with E-state index in [-0.39, 0.29) is 5.57 Å². The van der Waals surface area contributed by atoms with Gasteiger partial charge in [-0.1, -0.05) is 46.3 Å². The van der Waals surface area contributed by atoms with Gasteiger partial charge in [0.2, 0.25) is 0 Å². The minimum atomic E-state index is -1.26. The SMILES string of the molecule is N#CC(=Cc1cc(Br)ccc1OCCCc1ccccc1)C(=O)O. The number of nitriles is 1. The average Bonchev–Trinajstić information content (AvgIpc) is 2.58. The number of halogens is 1. The zero-order valence-corrected chi connectivity index (χ0v) is 14.5. The van der Waals surface area contributed by atoms with Crippen molar-refractivity contribution in [2.75, 3.05) is 6.61 Å². The van der Waals surface area contributed by atoms with Gasteiger partial charge in [0.1, 0.15) is 17.4 Å². The minimum Gasteiger partial charge on any atom is -0.493 e. The number of hydrogen-bond acceptors (Lipinski definition) is 3. The van der Waals surface area contributed by atoms with Crippen molar-refractivity contribution in [2.45, 2.75) is 12.8 Å². The van der Waals surface area contributed by atoms with E-state index in [0.29, 0.717) is 17.9 Å². The van der Waals surface area contributed by atoms with Crippen LogP contribution in [0, 0.1) is 11.3 Å². The van der Waals surface area contributed by atoms with Crippen LogP contribution in [0.4, 0.5) is 0 Å². The Hall–Kier alpha value is -2.58. The van der Waals surface area contributed by atoms with E-state index in [9.17, 15) is 4.79 Å². The number of aryl methyl sites for hydroxylation is 1. The van der Waals surface area contributed by atoms with Crippen molar-refractivity contribution in [1.82, 2.24) is 0 Å². The predicted octanol–water partition coefficient (Wildman–Crippen LogP) is 4.45. The van der Waals surface area contributed by atoms with Crippen LogP contribution in [0.5, 0.6) is 5.75 Å². The molecule has 0 unspecified atom stereocenters. The molecular weight excluding hydrogens is 370 g/mol. The van der Waals surface area contributed by atoms with Gasteiger partial charge in [-0.2, -0.15) is 5.26 Å². The van der Waals surface area contributed by atoms with E-state index < -0.39 is 5.97 Å². The molecule has 0 fully saturated rings. The molecule has 0 spiro atoms. The topological polar surface area (TPSA) is 70.3 Å². The second kappa shape index (κ2) is 8.90. The molecule has 0 bridgehead atoms. The molecule has 0 aliphatic carbocycles. The molecule has 0 aliphatic heterocycles. The fourth-order valence-corrected chi connectivity index (χ4v) is 2.54. The summed E-state index contributed by atoms with van der Waals surface area (Å²) in [7, 11) is 0. The number of carboxylic acids is 1. The average molecular weight is 386 g/mol. The molecule has 0 aromatic heterocycles. The number of ether oxygens (including phenoxy) is 1. The van der Waals surface area contributed by atoms with E-state index in [0.717, 1.165) is 17.3 Å². The molecule has 0 radical (unpaired) electrons. The Morgan fingerprint density at radius 1 is 1.25 bits per heavy atom. The fourth-order valence-electron chi connectivity index (χ4n) is 2.16. The number of aliphatic carboxylic acids is 1. The van der Waals surface area contributed by atoms with Gasteiger partial charge in [-0.05, 0) is 42.7 Å². The molecule has 2 rings (SSSR count). The van der Waals surface area contributed by atoms with Gasteiger partial charge in [-0.15, -0.1) is 0 Å². The van der Waals surface area contributed by atoms with Crippen molar-refractivity contribution >= 4 is 28.0 Å². The van der Waals surface area contributed by atoms with Crippen LogP contribution in [0.1, 0.15) is 17.5 Å². The maximum absolute atomic E-state index is 11.0. The lowest BCUT2D eigenvalue weighted by Gasteiger charge is -2.10. The van der Waals surface area contributed by atoms with Gasteiger partial charge in [0.05, 0.1) is 6.61 Å². The Morgan fingerprint density at radius 3 is 2.67 bits per heavy atom. The van der Waals surface area contributed by atoms with Crippen molar-refractivity contribution < 1.29 is 14.6 Å². The highest BCUT2D eigenvalue weighted by Crippen LogP contribution is 2.26. The summed E-state index contributed by atoms with van der Waals surface area (Å²) in [5, 5.41) is 17.9. The van der Waals surface area contributed by atoms with E-state index in [4.69, 9.17) is 15.1 Å². The first-order valence-corrected chi connectivity index (χ1v) is 8.21. The van der Waals surface area contributed by atoms with Crippen LogP contribution in [0.3, 0.4) is 0 Å². The van der Waals surface area contributed by atoms with E-state index in [1.165, 1.54) is 11.6 Å². The lowest BCUT2D eigenvalue weighted by Crippen LogP contribution is -2.02. The van der Waals surface area contributed by atoms with Crippen molar-refractivity contribution in [1.29, 1.82) is 5.26 Å². The molecule has 24 heavy (non-hydrogen) atoms. The molecule has 5 heteroatoms. The summed E-state index contributed by atoms with van der Waals surface area (Å²) in [6.07, 6.45) is 3.06. The van der Waals surface area contributed by atoms with E-state index in [2.05, 4.69) is 28.1 Å². The molecule has 1 N–H and O–H groups in total. The summed E-state index contributed by atoms with van der Waals surface area (Å²) in [6, 6.07) is 17.1. The number of hydrogen-bond donors (Lipinski definition) is 1. The van der Waals surface area contributed by atoms with Crippen LogP contribution < -0.4 is 4.74 Å². The molecule has 0 aliphatic rings. The first-order chi connectivity index (χ1) is 11.6. The second-order valence-corrected chi connectivity index (χ2v) is 6.01. The Labute approximate surface area is 149 Å². The molecule has 0 saturated carbocycles. The Morgan fingerprint density at radius 2 is 2.00 bits per heavy atom. The maximum atomic E-state index is 11.0. The van der Waals surface area contributed by atoms with E-state index >= 15 is 0 Å². The second-order valence-electron chi connectivity index (χ2n) is 5.09. The minimum absolute atomic E-state index is 0.331. The molecule has 0 amide bonds. The standard InChI is InChI=1S/C19H16BrNO3/c20-17-8-9-18(15(12-17)11-16(13-21)19(22)23)24-10-4-7-14-5-2-1-3-6-14/h1-3,5-6,8-9,11-12H,4,7,10H2,(H,22,23). The third kappa shape index (κ3) is 5.25. The molecule has 2 aromatic rings. The van der Waals surface area contributed by atoms with Gasteiger partial charge in [0, 0.05) is 10.0 Å². The van der Waals surface area contributed by atoms with Crippen molar-refractivity contribution in [3.63, 3.8) is 0 Å². The molecular formula is C19H16BrNO3. The van der Waals surface area contributed by atoms with Gasteiger partial charge < -0.3 is 9.84 Å². The molecule has 2 aromatic carbocycles. The Kier molecular flexibility index (Phi) is 6.59. The summed E-state index contributed by atoms with van der Waals surface area (Å²) in [5.41, 5.74) is 1.47. The highest BCUT2D eigenvalue weighted by molar-refractivity contribution is 9.10. The van der Waals surface area contributed by atoms with Gasteiger partial charge in [-0.25, -0.2) is 4.79 Å². The normalized spacial score (nSPS) is 10.9. The molecule has 122 valence electrons. The smallest absolute Gasteiger partial charge is 0.346 e. The highest BCUT2D eigenvalue weighted by Gasteiger charge is 2.09. The first-order valence-electron chi connectivity index (χ1n) is 7.41. The van der Waals surface area contributed by atoms with Crippen LogP contribution >= 0.6 is 15.9 Å². The lowest BCUT2D eigenvalue weighted by molar-refractivity contribution is -0.132. The number of rotatable bonds is 7. The predicted molar refractivity (Wildman–Crippen MR) is 95.6 cm³/mol. The zero-order chi connectivity index (χ0) is 17.4. The van der Waals surface area contributed by atoms with Gasteiger partial charge >= 0.3 is 5.97 Å². The third-order valence-corrected chi connectivity index (χ3v) is 3.83. The highest BCUT2D eigenvalue weighted by atomic mass is 79.9. The van der Waals surface area contributed by atoms with Crippen LogP contribution in [0.15, 0.2) is 58.6 Å². The Balaban J connectivity index is 2.05. The van der Waals surface area contributed by atoms with Gasteiger partial charge in [0.25, 0.3) is 0 Å². The largest absolute Gasteiger partial charge is 0.493 e. The van der Waals surface area contributed by atoms with E-state index in [1.54, 1.807) is 18.2 Å². The van der Waals surface area contributed by atoms with Crippen LogP contribution in [0.25, 0.3) is 6.08 Å². The summed E-state index contributed by atoms with van der Waals surface area (Å²) >= 11 is 3.34.